The summed E-state index contributed by atoms with van der Waals surface area (Å²) in [6, 6.07) is 9.27. The topological polar surface area (TPSA) is 71.8 Å². The first-order valence-corrected chi connectivity index (χ1v) is 10.8. The molecule has 7 heteroatoms. The van der Waals surface area contributed by atoms with Gasteiger partial charge in [-0.2, -0.15) is 0 Å². The van der Waals surface area contributed by atoms with Crippen molar-refractivity contribution in [1.82, 2.24) is 4.90 Å². The number of benzene rings is 1. The summed E-state index contributed by atoms with van der Waals surface area (Å²) >= 11 is 1.53. The van der Waals surface area contributed by atoms with E-state index in [9.17, 15) is 9.59 Å². The molecule has 0 unspecified atom stereocenters. The van der Waals surface area contributed by atoms with Gasteiger partial charge in [-0.25, -0.2) is 0 Å². The molecular formula is C22H22N2O4S. The minimum absolute atomic E-state index is 0.00685. The molecule has 3 heterocycles. The number of aryl methyl sites for hydroxylation is 1. The molecule has 1 aromatic carbocycles. The Labute approximate surface area is 172 Å². The number of carbonyl (C=O) groups is 2. The van der Waals surface area contributed by atoms with Gasteiger partial charge in [0.05, 0.1) is 18.8 Å². The van der Waals surface area contributed by atoms with E-state index in [1.54, 1.807) is 6.07 Å². The fraction of sp³-hybridized carbons (Fsp3) is 0.364. The maximum atomic E-state index is 13.3. The van der Waals surface area contributed by atoms with Crippen molar-refractivity contribution in [2.75, 3.05) is 31.6 Å². The lowest BCUT2D eigenvalue weighted by atomic mass is 9.95. The monoisotopic (exact) mass is 410 g/mol. The number of furan rings is 1. The van der Waals surface area contributed by atoms with Crippen molar-refractivity contribution in [3.8, 4) is 0 Å². The van der Waals surface area contributed by atoms with Gasteiger partial charge in [0.15, 0.2) is 5.76 Å². The van der Waals surface area contributed by atoms with E-state index in [2.05, 4.69) is 5.32 Å². The van der Waals surface area contributed by atoms with Crippen LogP contribution in [0.5, 0.6) is 0 Å². The van der Waals surface area contributed by atoms with Crippen molar-refractivity contribution >= 4 is 39.1 Å². The van der Waals surface area contributed by atoms with Crippen LogP contribution >= 0.6 is 11.3 Å². The van der Waals surface area contributed by atoms with Crippen LogP contribution in [0.15, 0.2) is 34.7 Å². The Morgan fingerprint density at radius 3 is 2.69 bits per heavy atom. The second kappa shape index (κ2) is 7.65. The average Bonchev–Trinajstić information content (AvgIpc) is 3.35. The highest BCUT2D eigenvalue weighted by molar-refractivity contribution is 7.17. The number of rotatable bonds is 3. The van der Waals surface area contributed by atoms with Crippen LogP contribution in [0.1, 0.15) is 44.2 Å². The van der Waals surface area contributed by atoms with Gasteiger partial charge in [-0.3, -0.25) is 9.59 Å². The first-order chi connectivity index (χ1) is 14.2. The summed E-state index contributed by atoms with van der Waals surface area (Å²) in [7, 11) is 0. The molecule has 0 saturated carbocycles. The lowest BCUT2D eigenvalue weighted by Crippen LogP contribution is -2.41. The van der Waals surface area contributed by atoms with Gasteiger partial charge in [0.1, 0.15) is 10.6 Å². The minimum atomic E-state index is -0.323. The summed E-state index contributed by atoms with van der Waals surface area (Å²) in [6.45, 7) is 2.28. The van der Waals surface area contributed by atoms with E-state index in [4.69, 9.17) is 9.15 Å². The van der Waals surface area contributed by atoms with Gasteiger partial charge in [-0.15, -0.1) is 11.3 Å². The van der Waals surface area contributed by atoms with Crippen molar-refractivity contribution in [3.05, 3.63) is 52.1 Å². The number of amides is 2. The van der Waals surface area contributed by atoms with E-state index in [1.165, 1.54) is 16.2 Å². The Bertz CT molecular complexity index is 1040. The summed E-state index contributed by atoms with van der Waals surface area (Å²) in [5.74, 6) is -0.0780. The number of hydrogen-bond donors (Lipinski definition) is 1. The lowest BCUT2D eigenvalue weighted by Gasteiger charge is -2.27. The average molecular weight is 410 g/mol. The van der Waals surface area contributed by atoms with Crippen LogP contribution in [-0.2, 0) is 17.6 Å². The van der Waals surface area contributed by atoms with Crippen molar-refractivity contribution < 1.29 is 18.7 Å². The highest BCUT2D eigenvalue weighted by Crippen LogP contribution is 2.39. The van der Waals surface area contributed by atoms with Gasteiger partial charge >= 0.3 is 0 Å². The molecule has 2 aliphatic rings. The lowest BCUT2D eigenvalue weighted by molar-refractivity contribution is 0.0303. The van der Waals surface area contributed by atoms with Gasteiger partial charge < -0.3 is 19.4 Å². The highest BCUT2D eigenvalue weighted by Gasteiger charge is 2.30. The third-order valence-electron chi connectivity index (χ3n) is 5.56. The molecule has 5 rings (SSSR count). The summed E-state index contributed by atoms with van der Waals surface area (Å²) in [5.41, 5.74) is 2.45. The summed E-state index contributed by atoms with van der Waals surface area (Å²) < 4.78 is 11.1. The third-order valence-corrected chi connectivity index (χ3v) is 6.77. The van der Waals surface area contributed by atoms with Crippen molar-refractivity contribution in [1.29, 1.82) is 0 Å². The fourth-order valence-corrected chi connectivity index (χ4v) is 5.34. The molecule has 6 nitrogen and oxygen atoms in total. The van der Waals surface area contributed by atoms with Crippen molar-refractivity contribution in [3.63, 3.8) is 0 Å². The first kappa shape index (κ1) is 18.4. The molecule has 0 spiro atoms. The van der Waals surface area contributed by atoms with E-state index >= 15 is 0 Å². The molecule has 0 bridgehead atoms. The SMILES string of the molecule is O=C(Nc1sc2c(c1C(=O)N1CCOCC1)CCCC2)c1cc2ccccc2o1. The molecule has 0 radical (unpaired) electrons. The van der Waals surface area contributed by atoms with E-state index in [1.807, 2.05) is 29.2 Å². The Morgan fingerprint density at radius 2 is 1.86 bits per heavy atom. The fourth-order valence-electron chi connectivity index (χ4n) is 4.06. The third kappa shape index (κ3) is 3.45. The molecule has 1 N–H and O–H groups in total. The number of fused-ring (bicyclic) bond motifs is 2. The van der Waals surface area contributed by atoms with E-state index in [0.717, 1.165) is 36.6 Å². The smallest absolute Gasteiger partial charge is 0.292 e. The zero-order chi connectivity index (χ0) is 19.8. The predicted molar refractivity (Wildman–Crippen MR) is 112 cm³/mol. The Balaban J connectivity index is 1.48. The van der Waals surface area contributed by atoms with Crippen LogP contribution < -0.4 is 5.32 Å². The van der Waals surface area contributed by atoms with Crippen LogP contribution in [0.3, 0.4) is 0 Å². The number of carbonyl (C=O) groups excluding carboxylic acids is 2. The van der Waals surface area contributed by atoms with Crippen LogP contribution in [-0.4, -0.2) is 43.0 Å². The summed E-state index contributed by atoms with van der Waals surface area (Å²) in [4.78, 5) is 29.3. The van der Waals surface area contributed by atoms with Crippen LogP contribution in [0.4, 0.5) is 5.00 Å². The van der Waals surface area contributed by atoms with Gasteiger partial charge in [-0.05, 0) is 43.4 Å². The molecule has 1 aliphatic heterocycles. The Morgan fingerprint density at radius 1 is 1.07 bits per heavy atom. The van der Waals surface area contributed by atoms with Gasteiger partial charge in [0.25, 0.3) is 11.8 Å². The molecule has 2 amide bonds. The number of nitrogens with zero attached hydrogens (tertiary/aromatic N) is 1. The van der Waals surface area contributed by atoms with Crippen LogP contribution in [0, 0.1) is 0 Å². The first-order valence-electron chi connectivity index (χ1n) is 10.0. The zero-order valence-electron chi connectivity index (χ0n) is 16.0. The Hall–Kier alpha value is -2.64. The molecule has 1 fully saturated rings. The number of hydrogen-bond acceptors (Lipinski definition) is 5. The maximum absolute atomic E-state index is 13.3. The van der Waals surface area contributed by atoms with E-state index in [0.29, 0.717) is 42.5 Å². The second-order valence-electron chi connectivity index (χ2n) is 7.42. The normalized spacial score (nSPS) is 16.6. The molecule has 1 saturated heterocycles. The number of thiophene rings is 1. The van der Waals surface area contributed by atoms with E-state index < -0.39 is 0 Å². The number of anilines is 1. The predicted octanol–water partition coefficient (Wildman–Crippen LogP) is 4.10. The molecule has 3 aromatic rings. The zero-order valence-corrected chi connectivity index (χ0v) is 16.8. The van der Waals surface area contributed by atoms with Crippen LogP contribution in [0.2, 0.25) is 0 Å². The molecule has 1 aliphatic carbocycles. The minimum Gasteiger partial charge on any atom is -0.451 e. The number of ether oxygens (including phenoxy) is 1. The summed E-state index contributed by atoms with van der Waals surface area (Å²) in [5, 5.41) is 4.49. The molecule has 150 valence electrons. The van der Waals surface area contributed by atoms with Crippen molar-refractivity contribution in [2.24, 2.45) is 0 Å². The Kier molecular flexibility index (Phi) is 4.85. The summed E-state index contributed by atoms with van der Waals surface area (Å²) in [6.07, 6.45) is 4.04. The van der Waals surface area contributed by atoms with Crippen molar-refractivity contribution in [2.45, 2.75) is 25.7 Å². The number of morpholine rings is 1. The van der Waals surface area contributed by atoms with E-state index in [-0.39, 0.29) is 17.6 Å². The molecule has 29 heavy (non-hydrogen) atoms. The van der Waals surface area contributed by atoms with Crippen LogP contribution in [0.25, 0.3) is 11.0 Å². The van der Waals surface area contributed by atoms with Gasteiger partial charge in [-0.1, -0.05) is 18.2 Å². The quantitative estimate of drug-likeness (QED) is 0.706. The number of nitrogens with one attached hydrogen (secondary N) is 1. The second-order valence-corrected chi connectivity index (χ2v) is 8.53. The molecule has 0 atom stereocenters. The van der Waals surface area contributed by atoms with Gasteiger partial charge in [0, 0.05) is 23.4 Å². The standard InChI is InChI=1S/C22H22N2O4S/c25-20(17-13-14-5-1-3-7-16(14)28-17)23-21-19(15-6-2-4-8-18(15)29-21)22(26)24-9-11-27-12-10-24/h1,3,5,7,13H,2,4,6,8-12H2,(H,23,25). The largest absolute Gasteiger partial charge is 0.451 e. The highest BCUT2D eigenvalue weighted by atomic mass is 32.1. The molecular weight excluding hydrogens is 388 g/mol. The maximum Gasteiger partial charge on any atom is 0.292 e. The van der Waals surface area contributed by atoms with Gasteiger partial charge in [0.2, 0.25) is 0 Å². The molecule has 2 aromatic heterocycles. The number of para-hydroxylation sites is 1.